The molecule has 5 atom stereocenters. The molecule has 4 aliphatic rings. The fourth-order valence-corrected chi connectivity index (χ4v) is 5.81. The Morgan fingerprint density at radius 2 is 2.08 bits per heavy atom. The normalized spacial score (nSPS) is 65.8. The Morgan fingerprint density at radius 1 is 1.15 bits per heavy atom. The minimum Gasteiger partial charge on any atom is -0.304 e. The summed E-state index contributed by atoms with van der Waals surface area (Å²) in [6.07, 6.45) is 7.44. The van der Waals surface area contributed by atoms with Gasteiger partial charge < -0.3 is 4.84 Å². The molecule has 0 aliphatic heterocycles. The summed E-state index contributed by atoms with van der Waals surface area (Å²) >= 11 is 0. The quantitative estimate of drug-likeness (QED) is 0.655. The van der Waals surface area contributed by atoms with E-state index in [4.69, 9.17) is 10.7 Å². The zero-order valence-electron chi connectivity index (χ0n) is 7.96. The number of hydrogen-bond acceptors (Lipinski definition) is 2. The SMILES string of the molecule is NOCC12CC3CC4CC(C1)C42C3. The highest BCUT2D eigenvalue weighted by molar-refractivity contribution is 5.28. The summed E-state index contributed by atoms with van der Waals surface area (Å²) in [6.45, 7) is 0.844. The van der Waals surface area contributed by atoms with E-state index >= 15 is 0 Å². The molecule has 2 N–H and O–H groups in total. The van der Waals surface area contributed by atoms with Gasteiger partial charge in [0.05, 0.1) is 6.61 Å². The highest BCUT2D eigenvalue weighted by Crippen LogP contribution is 2.86. The van der Waals surface area contributed by atoms with Crippen LogP contribution in [0, 0.1) is 28.6 Å². The van der Waals surface area contributed by atoms with Gasteiger partial charge in [-0.3, -0.25) is 0 Å². The Morgan fingerprint density at radius 3 is 2.77 bits per heavy atom. The van der Waals surface area contributed by atoms with Gasteiger partial charge in [0.25, 0.3) is 0 Å². The fourth-order valence-electron chi connectivity index (χ4n) is 5.81. The molecular formula is C11H17NO. The molecule has 0 aromatic heterocycles. The second kappa shape index (κ2) is 1.82. The highest BCUT2D eigenvalue weighted by Gasteiger charge is 2.80. The van der Waals surface area contributed by atoms with Crippen molar-refractivity contribution in [3.8, 4) is 0 Å². The zero-order chi connectivity index (χ0) is 8.68. The molecule has 0 amide bonds. The van der Waals surface area contributed by atoms with Crippen LogP contribution in [0.4, 0.5) is 0 Å². The molecule has 4 fully saturated rings. The molecule has 1 spiro atoms. The lowest BCUT2D eigenvalue weighted by atomic mass is 9.32. The maximum atomic E-state index is 5.28. The summed E-state index contributed by atoms with van der Waals surface area (Å²) in [7, 11) is 0. The second-order valence-electron chi connectivity index (χ2n) is 5.98. The van der Waals surface area contributed by atoms with Crippen molar-refractivity contribution < 1.29 is 4.84 Å². The van der Waals surface area contributed by atoms with Gasteiger partial charge in [0.1, 0.15) is 0 Å². The van der Waals surface area contributed by atoms with Crippen LogP contribution in [0.2, 0.25) is 0 Å². The Hall–Kier alpha value is -0.0800. The highest BCUT2D eigenvalue weighted by atomic mass is 16.6. The molecule has 4 saturated carbocycles. The lowest BCUT2D eigenvalue weighted by molar-refractivity contribution is -0.263. The fraction of sp³-hybridized carbons (Fsp3) is 1.00. The molecule has 0 aromatic carbocycles. The first-order chi connectivity index (χ1) is 6.31. The summed E-state index contributed by atoms with van der Waals surface area (Å²) < 4.78 is 0. The Balaban J connectivity index is 1.76. The number of fused-ring (bicyclic) bond motifs is 1. The molecule has 0 saturated heterocycles. The van der Waals surface area contributed by atoms with Crippen molar-refractivity contribution in [2.24, 2.45) is 34.5 Å². The maximum absolute atomic E-state index is 5.28. The molecule has 2 bridgehead atoms. The third kappa shape index (κ3) is 0.511. The first kappa shape index (κ1) is 7.24. The predicted molar refractivity (Wildman–Crippen MR) is 48.6 cm³/mol. The van der Waals surface area contributed by atoms with Crippen molar-refractivity contribution in [3.05, 3.63) is 0 Å². The average Bonchev–Trinajstić information content (AvgIpc) is 2.51. The molecule has 0 heterocycles. The van der Waals surface area contributed by atoms with Crippen LogP contribution in [0.15, 0.2) is 0 Å². The molecule has 0 radical (unpaired) electrons. The lowest BCUT2D eigenvalue weighted by Gasteiger charge is -2.72. The molecule has 2 heteroatoms. The smallest absolute Gasteiger partial charge is 0.0741 e. The van der Waals surface area contributed by atoms with Crippen LogP contribution in [-0.4, -0.2) is 6.61 Å². The molecule has 0 aromatic rings. The van der Waals surface area contributed by atoms with Crippen LogP contribution >= 0.6 is 0 Å². The van der Waals surface area contributed by atoms with Crippen LogP contribution in [0.3, 0.4) is 0 Å². The van der Waals surface area contributed by atoms with E-state index in [1.54, 1.807) is 0 Å². The first-order valence-electron chi connectivity index (χ1n) is 5.62. The number of hydrogen-bond donors (Lipinski definition) is 1. The van der Waals surface area contributed by atoms with Crippen LogP contribution in [0.1, 0.15) is 32.1 Å². The van der Waals surface area contributed by atoms with Gasteiger partial charge in [0, 0.05) is 5.41 Å². The maximum Gasteiger partial charge on any atom is 0.0741 e. The number of rotatable bonds is 2. The van der Waals surface area contributed by atoms with E-state index in [0.29, 0.717) is 5.41 Å². The van der Waals surface area contributed by atoms with Gasteiger partial charge in [-0.2, -0.15) is 0 Å². The Kier molecular flexibility index (Phi) is 1.02. The van der Waals surface area contributed by atoms with Crippen molar-refractivity contribution >= 4 is 0 Å². The Bertz CT molecular complexity index is 275. The minimum atomic E-state index is 0.554. The van der Waals surface area contributed by atoms with Crippen LogP contribution in [0.5, 0.6) is 0 Å². The molecule has 2 nitrogen and oxygen atoms in total. The average molecular weight is 179 g/mol. The van der Waals surface area contributed by atoms with Crippen LogP contribution in [0.25, 0.3) is 0 Å². The van der Waals surface area contributed by atoms with E-state index in [1.165, 1.54) is 32.1 Å². The van der Waals surface area contributed by atoms with Gasteiger partial charge in [-0.1, -0.05) is 0 Å². The minimum absolute atomic E-state index is 0.554. The number of nitrogens with two attached hydrogens (primary N) is 1. The largest absolute Gasteiger partial charge is 0.304 e. The Labute approximate surface area is 78.8 Å². The van der Waals surface area contributed by atoms with Crippen LogP contribution < -0.4 is 5.90 Å². The van der Waals surface area contributed by atoms with Crippen molar-refractivity contribution in [2.75, 3.05) is 6.61 Å². The molecule has 4 aliphatic carbocycles. The van der Waals surface area contributed by atoms with E-state index in [1.807, 2.05) is 0 Å². The first-order valence-corrected chi connectivity index (χ1v) is 5.62. The van der Waals surface area contributed by atoms with E-state index in [9.17, 15) is 0 Å². The van der Waals surface area contributed by atoms with Crippen molar-refractivity contribution in [1.29, 1.82) is 0 Å². The van der Waals surface area contributed by atoms with Gasteiger partial charge in [0.15, 0.2) is 0 Å². The van der Waals surface area contributed by atoms with E-state index in [0.717, 1.165) is 29.8 Å². The summed E-state index contributed by atoms with van der Waals surface area (Å²) in [4.78, 5) is 4.97. The topological polar surface area (TPSA) is 35.2 Å². The predicted octanol–water partition coefficient (Wildman–Crippen LogP) is 1.70. The monoisotopic (exact) mass is 179 g/mol. The molecular weight excluding hydrogens is 162 g/mol. The van der Waals surface area contributed by atoms with Gasteiger partial charge in [-0.15, -0.1) is 0 Å². The van der Waals surface area contributed by atoms with Gasteiger partial charge in [-0.05, 0) is 55.3 Å². The second-order valence-corrected chi connectivity index (χ2v) is 5.98. The molecule has 5 unspecified atom stereocenters. The van der Waals surface area contributed by atoms with Crippen molar-refractivity contribution in [2.45, 2.75) is 32.1 Å². The summed E-state index contributed by atoms with van der Waals surface area (Å²) in [5.41, 5.74) is 1.30. The zero-order valence-corrected chi connectivity index (χ0v) is 7.96. The summed E-state index contributed by atoms with van der Waals surface area (Å²) in [6, 6.07) is 0. The van der Waals surface area contributed by atoms with Crippen molar-refractivity contribution in [3.63, 3.8) is 0 Å². The van der Waals surface area contributed by atoms with Gasteiger partial charge in [0.2, 0.25) is 0 Å². The van der Waals surface area contributed by atoms with Gasteiger partial charge in [-0.25, -0.2) is 5.90 Å². The van der Waals surface area contributed by atoms with Gasteiger partial charge >= 0.3 is 0 Å². The van der Waals surface area contributed by atoms with Crippen molar-refractivity contribution in [1.82, 2.24) is 0 Å². The van der Waals surface area contributed by atoms with E-state index in [2.05, 4.69) is 0 Å². The molecule has 72 valence electrons. The van der Waals surface area contributed by atoms with Crippen LogP contribution in [-0.2, 0) is 4.84 Å². The summed E-state index contributed by atoms with van der Waals surface area (Å²) in [5, 5.41) is 0. The van der Waals surface area contributed by atoms with E-state index < -0.39 is 0 Å². The third-order valence-corrected chi connectivity index (χ3v) is 5.93. The summed E-state index contributed by atoms with van der Waals surface area (Å²) in [5.74, 6) is 8.45. The standard InChI is InChI=1S/C11H17NO/c12-13-6-10-3-7-1-8-2-9(5-10)11(8,10)4-7/h7-9H,1-6,12H2. The van der Waals surface area contributed by atoms with E-state index in [-0.39, 0.29) is 0 Å². The lowest BCUT2D eigenvalue weighted by Crippen LogP contribution is -2.68. The molecule has 4 rings (SSSR count). The third-order valence-electron chi connectivity index (χ3n) is 5.93. The molecule has 13 heavy (non-hydrogen) atoms.